The standard InChI is InChI=1S/C5H10.C4H11N/c2*1-3-5-4-2/h3H,1,4-5H2,2H3;5H,3-4H2,1-2H3. The minimum atomic E-state index is 1.09. The van der Waals surface area contributed by atoms with Crippen LogP contribution in [0, 0.1) is 0 Å². The lowest BCUT2D eigenvalue weighted by atomic mass is 10.3. The molecule has 0 saturated carbocycles. The second-order valence-corrected chi connectivity index (χ2v) is 2.03. The molecule has 0 heterocycles. The zero-order valence-corrected chi connectivity index (χ0v) is 7.61. The summed E-state index contributed by atoms with van der Waals surface area (Å²) in [6, 6.07) is 0. The van der Waals surface area contributed by atoms with Gasteiger partial charge in [-0.3, -0.25) is 0 Å². The summed E-state index contributed by atoms with van der Waals surface area (Å²) in [6.07, 6.45) is 4.31. The molecule has 0 rings (SSSR count). The first-order valence-corrected chi connectivity index (χ1v) is 4.14. The maximum Gasteiger partial charge on any atom is -0.00775 e. The van der Waals surface area contributed by atoms with Gasteiger partial charge in [-0.25, -0.2) is 0 Å². The largest absolute Gasteiger partial charge is 0.317 e. The highest BCUT2D eigenvalue weighted by molar-refractivity contribution is 4.63. The third-order valence-corrected chi connectivity index (χ3v) is 0.993. The number of rotatable bonds is 4. The number of allylic oxidation sites excluding steroid dienone is 1. The van der Waals surface area contributed by atoms with E-state index < -0.39 is 0 Å². The quantitative estimate of drug-likeness (QED) is 0.596. The first kappa shape index (κ1) is 12.4. The Kier molecular flexibility index (Phi) is 19.7. The van der Waals surface area contributed by atoms with Gasteiger partial charge in [-0.05, 0) is 19.5 Å². The fourth-order valence-electron chi connectivity index (χ4n) is 0.454. The molecule has 0 aromatic heterocycles. The fraction of sp³-hybridized carbons (Fsp3) is 0.778. The van der Waals surface area contributed by atoms with E-state index in [9.17, 15) is 0 Å². The van der Waals surface area contributed by atoms with Crippen LogP contribution in [0.4, 0.5) is 0 Å². The predicted molar refractivity (Wildman–Crippen MR) is 49.3 cm³/mol. The molecule has 0 amide bonds. The van der Waals surface area contributed by atoms with Crippen molar-refractivity contribution in [2.75, 3.05) is 13.1 Å². The van der Waals surface area contributed by atoms with Crippen molar-refractivity contribution in [1.82, 2.24) is 5.32 Å². The Morgan fingerprint density at radius 2 is 1.70 bits per heavy atom. The van der Waals surface area contributed by atoms with Crippen molar-refractivity contribution in [3.8, 4) is 0 Å². The molecule has 1 heteroatoms. The maximum absolute atomic E-state index is 3.55. The smallest absolute Gasteiger partial charge is 0.00775 e. The van der Waals surface area contributed by atoms with Crippen LogP contribution in [0.5, 0.6) is 0 Å². The lowest BCUT2D eigenvalue weighted by Crippen LogP contribution is -2.09. The van der Waals surface area contributed by atoms with E-state index in [-0.39, 0.29) is 0 Å². The molecule has 1 N–H and O–H groups in total. The predicted octanol–water partition coefficient (Wildman–Crippen LogP) is 2.59. The van der Waals surface area contributed by atoms with Crippen LogP contribution in [-0.4, -0.2) is 13.1 Å². The molecule has 0 aliphatic rings. The summed E-state index contributed by atoms with van der Waals surface area (Å²) in [5.74, 6) is 0. The van der Waals surface area contributed by atoms with Crippen LogP contribution in [0.15, 0.2) is 12.7 Å². The van der Waals surface area contributed by atoms with E-state index in [4.69, 9.17) is 0 Å². The van der Waals surface area contributed by atoms with Crippen molar-refractivity contribution >= 4 is 0 Å². The van der Waals surface area contributed by atoms with Gasteiger partial charge in [0, 0.05) is 0 Å². The first-order valence-electron chi connectivity index (χ1n) is 4.14. The number of nitrogens with one attached hydrogen (secondary N) is 1. The molecule has 0 aromatic carbocycles. The zero-order valence-electron chi connectivity index (χ0n) is 7.61. The van der Waals surface area contributed by atoms with Crippen LogP contribution in [-0.2, 0) is 0 Å². The summed E-state index contributed by atoms with van der Waals surface area (Å²) >= 11 is 0. The Labute approximate surface area is 65.5 Å². The minimum absolute atomic E-state index is 1.09. The Morgan fingerprint density at radius 3 is 1.70 bits per heavy atom. The van der Waals surface area contributed by atoms with E-state index in [0.717, 1.165) is 19.5 Å². The molecule has 0 aromatic rings. The van der Waals surface area contributed by atoms with Crippen molar-refractivity contribution in [3.63, 3.8) is 0 Å². The molecule has 62 valence electrons. The van der Waals surface area contributed by atoms with Crippen LogP contribution in [0.25, 0.3) is 0 Å². The van der Waals surface area contributed by atoms with Gasteiger partial charge in [-0.1, -0.05) is 33.3 Å². The van der Waals surface area contributed by atoms with Gasteiger partial charge < -0.3 is 5.32 Å². The molecular weight excluding hydrogens is 122 g/mol. The van der Waals surface area contributed by atoms with Gasteiger partial charge in [0.1, 0.15) is 0 Å². The number of hydrogen-bond donors (Lipinski definition) is 1. The summed E-state index contributed by atoms with van der Waals surface area (Å²) in [6.45, 7) is 12.1. The second kappa shape index (κ2) is 15.9. The molecule has 10 heavy (non-hydrogen) atoms. The van der Waals surface area contributed by atoms with E-state index >= 15 is 0 Å². The van der Waals surface area contributed by atoms with Gasteiger partial charge in [0.2, 0.25) is 0 Å². The van der Waals surface area contributed by atoms with Gasteiger partial charge in [0.05, 0.1) is 0 Å². The van der Waals surface area contributed by atoms with Gasteiger partial charge in [0.25, 0.3) is 0 Å². The summed E-state index contributed by atoms with van der Waals surface area (Å²) in [5.41, 5.74) is 0. The van der Waals surface area contributed by atoms with Crippen molar-refractivity contribution in [3.05, 3.63) is 12.7 Å². The Balaban J connectivity index is 0. The van der Waals surface area contributed by atoms with Crippen molar-refractivity contribution in [1.29, 1.82) is 0 Å². The van der Waals surface area contributed by atoms with Gasteiger partial charge in [-0.2, -0.15) is 0 Å². The van der Waals surface area contributed by atoms with E-state index in [2.05, 4.69) is 32.7 Å². The highest BCUT2D eigenvalue weighted by Crippen LogP contribution is 1.82. The van der Waals surface area contributed by atoms with E-state index in [0.29, 0.717) is 0 Å². The van der Waals surface area contributed by atoms with Crippen LogP contribution < -0.4 is 5.32 Å². The van der Waals surface area contributed by atoms with E-state index in [1.54, 1.807) is 0 Å². The molecule has 0 spiro atoms. The average molecular weight is 143 g/mol. The molecule has 0 aliphatic heterocycles. The SMILES string of the molecule is C=CCCC.CCNCC. The van der Waals surface area contributed by atoms with Gasteiger partial charge in [-0.15, -0.1) is 6.58 Å². The molecule has 0 unspecified atom stereocenters. The third kappa shape index (κ3) is 25.2. The molecule has 1 nitrogen and oxygen atoms in total. The van der Waals surface area contributed by atoms with Crippen LogP contribution in [0.1, 0.15) is 33.6 Å². The third-order valence-electron chi connectivity index (χ3n) is 0.993. The molecule has 0 saturated heterocycles. The second-order valence-electron chi connectivity index (χ2n) is 2.03. The summed E-state index contributed by atoms with van der Waals surface area (Å²) in [4.78, 5) is 0. The van der Waals surface area contributed by atoms with Crippen molar-refractivity contribution in [2.24, 2.45) is 0 Å². The Bertz CT molecular complexity index is 48.7. The molecule has 0 radical (unpaired) electrons. The molecule has 0 fully saturated rings. The molecular formula is C9H21N. The van der Waals surface area contributed by atoms with E-state index in [1.807, 2.05) is 6.08 Å². The van der Waals surface area contributed by atoms with Crippen LogP contribution >= 0.6 is 0 Å². The lowest BCUT2D eigenvalue weighted by Gasteiger charge is -1.86. The first-order chi connectivity index (χ1) is 4.83. The maximum atomic E-state index is 3.55. The topological polar surface area (TPSA) is 12.0 Å². The Hall–Kier alpha value is -0.300. The summed E-state index contributed by atoms with van der Waals surface area (Å²) in [7, 11) is 0. The van der Waals surface area contributed by atoms with Crippen molar-refractivity contribution < 1.29 is 0 Å². The highest BCUT2D eigenvalue weighted by Gasteiger charge is 1.62. The molecule has 0 bridgehead atoms. The van der Waals surface area contributed by atoms with Crippen LogP contribution in [0.3, 0.4) is 0 Å². The zero-order chi connectivity index (χ0) is 8.24. The van der Waals surface area contributed by atoms with Gasteiger partial charge >= 0.3 is 0 Å². The monoisotopic (exact) mass is 143 g/mol. The summed E-state index contributed by atoms with van der Waals surface area (Å²) in [5, 5.41) is 3.11. The fourth-order valence-corrected chi connectivity index (χ4v) is 0.454. The van der Waals surface area contributed by atoms with Crippen LogP contribution in [0.2, 0.25) is 0 Å². The van der Waals surface area contributed by atoms with Crippen molar-refractivity contribution in [2.45, 2.75) is 33.6 Å². The Morgan fingerprint density at radius 1 is 1.20 bits per heavy atom. The average Bonchev–Trinajstić information content (AvgIpc) is 1.93. The lowest BCUT2D eigenvalue weighted by molar-refractivity contribution is 0.762. The normalized spacial score (nSPS) is 7.90. The number of hydrogen-bond acceptors (Lipinski definition) is 1. The van der Waals surface area contributed by atoms with E-state index in [1.165, 1.54) is 6.42 Å². The highest BCUT2D eigenvalue weighted by atomic mass is 14.8. The number of unbranched alkanes of at least 4 members (excludes halogenated alkanes) is 1. The summed E-state index contributed by atoms with van der Waals surface area (Å²) < 4.78 is 0. The van der Waals surface area contributed by atoms with Gasteiger partial charge in [0.15, 0.2) is 0 Å². The molecule has 0 atom stereocenters. The minimum Gasteiger partial charge on any atom is -0.317 e. The molecule has 0 aliphatic carbocycles.